The molecule has 1 aromatic rings. The summed E-state index contributed by atoms with van der Waals surface area (Å²) in [5.74, 6) is 0.686. The van der Waals surface area contributed by atoms with Gasteiger partial charge in [0.2, 0.25) is 0 Å². The van der Waals surface area contributed by atoms with Crippen LogP contribution in [0.1, 0.15) is 56.8 Å². The molecule has 22 heavy (non-hydrogen) atoms. The summed E-state index contributed by atoms with van der Waals surface area (Å²) < 4.78 is 0. The molecule has 0 heterocycles. The Labute approximate surface area is 135 Å². The predicted molar refractivity (Wildman–Crippen MR) is 93.5 cm³/mol. The molecule has 1 rings (SSSR count). The number of rotatable bonds is 10. The van der Waals surface area contributed by atoms with Crippen LogP contribution < -0.4 is 10.9 Å². The fourth-order valence-corrected chi connectivity index (χ4v) is 2.65. The lowest BCUT2D eigenvalue weighted by Crippen LogP contribution is -2.49. The van der Waals surface area contributed by atoms with E-state index < -0.39 is 0 Å². The molecule has 3 heteroatoms. The second-order valence-corrected chi connectivity index (χ2v) is 6.13. The molecule has 3 nitrogen and oxygen atoms in total. The number of hydrazine groups is 1. The fourth-order valence-electron chi connectivity index (χ4n) is 2.65. The van der Waals surface area contributed by atoms with E-state index in [1.54, 1.807) is 0 Å². The van der Waals surface area contributed by atoms with E-state index in [9.17, 15) is 4.79 Å². The van der Waals surface area contributed by atoms with Crippen molar-refractivity contribution in [1.82, 2.24) is 10.9 Å². The first-order valence-electron chi connectivity index (χ1n) is 8.33. The Morgan fingerprint density at radius 3 is 2.45 bits per heavy atom. The van der Waals surface area contributed by atoms with Gasteiger partial charge in [-0.3, -0.25) is 10.2 Å². The molecular weight excluding hydrogens is 272 g/mol. The highest BCUT2D eigenvalue weighted by Gasteiger charge is 2.22. The van der Waals surface area contributed by atoms with Gasteiger partial charge in [-0.2, -0.15) is 0 Å². The molecule has 1 aromatic carbocycles. The van der Waals surface area contributed by atoms with Gasteiger partial charge in [-0.05, 0) is 30.4 Å². The molecule has 0 aliphatic carbocycles. The van der Waals surface area contributed by atoms with Gasteiger partial charge in [-0.15, -0.1) is 6.58 Å². The van der Waals surface area contributed by atoms with E-state index in [-0.39, 0.29) is 11.9 Å². The second-order valence-electron chi connectivity index (χ2n) is 6.13. The van der Waals surface area contributed by atoms with Crippen LogP contribution in [0.3, 0.4) is 0 Å². The van der Waals surface area contributed by atoms with E-state index in [2.05, 4.69) is 38.2 Å². The summed E-state index contributed by atoms with van der Waals surface area (Å²) in [5.41, 5.74) is 6.74. The summed E-state index contributed by atoms with van der Waals surface area (Å²) in [6.45, 7) is 10.5. The van der Waals surface area contributed by atoms with E-state index in [4.69, 9.17) is 0 Å². The van der Waals surface area contributed by atoms with Crippen LogP contribution in [-0.2, 0) is 0 Å². The molecule has 0 aliphatic rings. The van der Waals surface area contributed by atoms with Gasteiger partial charge >= 0.3 is 0 Å². The molecule has 0 saturated carbocycles. The van der Waals surface area contributed by atoms with Gasteiger partial charge < -0.3 is 0 Å². The first-order chi connectivity index (χ1) is 10.6. The lowest BCUT2D eigenvalue weighted by Gasteiger charge is -2.29. The van der Waals surface area contributed by atoms with Gasteiger partial charge in [0, 0.05) is 11.6 Å². The molecule has 0 fully saturated rings. The molecule has 0 aromatic heterocycles. The molecule has 122 valence electrons. The van der Waals surface area contributed by atoms with Gasteiger partial charge in [-0.1, -0.05) is 64.3 Å². The van der Waals surface area contributed by atoms with Crippen molar-refractivity contribution >= 4 is 5.91 Å². The van der Waals surface area contributed by atoms with Crippen molar-refractivity contribution in [2.24, 2.45) is 11.8 Å². The average molecular weight is 302 g/mol. The monoisotopic (exact) mass is 302 g/mol. The lowest BCUT2D eigenvalue weighted by molar-refractivity contribution is 0.0911. The van der Waals surface area contributed by atoms with Crippen molar-refractivity contribution in [2.75, 3.05) is 0 Å². The van der Waals surface area contributed by atoms with Crippen molar-refractivity contribution in [2.45, 2.75) is 52.5 Å². The zero-order chi connectivity index (χ0) is 16.4. The summed E-state index contributed by atoms with van der Waals surface area (Å²) in [5, 5.41) is 0. The number of benzene rings is 1. The number of unbranched alkanes of at least 4 members (excludes halogenated alkanes) is 2. The Morgan fingerprint density at radius 2 is 1.91 bits per heavy atom. The maximum Gasteiger partial charge on any atom is 0.265 e. The van der Waals surface area contributed by atoms with Gasteiger partial charge in [0.25, 0.3) is 5.91 Å². The second kappa shape index (κ2) is 10.2. The summed E-state index contributed by atoms with van der Waals surface area (Å²) in [6, 6.07) is 9.46. The first-order valence-corrected chi connectivity index (χ1v) is 8.33. The molecule has 0 radical (unpaired) electrons. The van der Waals surface area contributed by atoms with Gasteiger partial charge in [-0.25, -0.2) is 5.43 Å². The highest BCUT2D eigenvalue weighted by atomic mass is 16.2. The van der Waals surface area contributed by atoms with Crippen LogP contribution in [0.25, 0.3) is 0 Å². The summed E-state index contributed by atoms with van der Waals surface area (Å²) in [6.07, 6.45) is 6.78. The van der Waals surface area contributed by atoms with E-state index in [1.165, 1.54) is 19.3 Å². The Bertz CT molecular complexity index is 442. The van der Waals surface area contributed by atoms with E-state index in [1.807, 2.05) is 36.4 Å². The Kier molecular flexibility index (Phi) is 8.53. The third-order valence-corrected chi connectivity index (χ3v) is 4.01. The zero-order valence-electron chi connectivity index (χ0n) is 14.1. The van der Waals surface area contributed by atoms with Crippen molar-refractivity contribution < 1.29 is 4.79 Å². The molecule has 0 saturated heterocycles. The molecule has 0 unspecified atom stereocenters. The first kappa shape index (κ1) is 18.4. The summed E-state index contributed by atoms with van der Waals surface area (Å²) >= 11 is 0. The Morgan fingerprint density at radius 1 is 1.23 bits per heavy atom. The number of hydrogen-bond donors (Lipinski definition) is 2. The summed E-state index contributed by atoms with van der Waals surface area (Å²) in [7, 11) is 0. The van der Waals surface area contributed by atoms with E-state index in [0.29, 0.717) is 17.4 Å². The van der Waals surface area contributed by atoms with Crippen LogP contribution >= 0.6 is 0 Å². The standard InChI is InChI=1S/C19H30N2O/c1-5-7-9-12-16(6-2)18(15(3)4)20-21-19(22)17-13-10-8-11-14-17/h6,8,10-11,13-16,18,20H,2,5,7,9,12H2,1,3-4H3,(H,21,22)/t16-,18+/m0/s1. The number of amides is 1. The van der Waals surface area contributed by atoms with Crippen molar-refractivity contribution in [3.63, 3.8) is 0 Å². The predicted octanol–water partition coefficient (Wildman–Crippen LogP) is 4.33. The normalized spacial score (nSPS) is 13.6. The van der Waals surface area contributed by atoms with Crippen LogP contribution in [0.2, 0.25) is 0 Å². The smallest absolute Gasteiger partial charge is 0.265 e. The molecular formula is C19H30N2O. The minimum absolute atomic E-state index is 0.0948. The Balaban J connectivity index is 2.59. The van der Waals surface area contributed by atoms with E-state index >= 15 is 0 Å². The third kappa shape index (κ3) is 6.02. The molecule has 0 bridgehead atoms. The minimum atomic E-state index is -0.0948. The maximum absolute atomic E-state index is 12.1. The highest BCUT2D eigenvalue weighted by Crippen LogP contribution is 2.20. The van der Waals surface area contributed by atoms with Crippen molar-refractivity contribution in [3.8, 4) is 0 Å². The zero-order valence-corrected chi connectivity index (χ0v) is 14.1. The van der Waals surface area contributed by atoms with Crippen molar-refractivity contribution in [1.29, 1.82) is 0 Å². The molecule has 2 atom stereocenters. The van der Waals surface area contributed by atoms with E-state index in [0.717, 1.165) is 6.42 Å². The number of carbonyl (C=O) groups excluding carboxylic acids is 1. The fraction of sp³-hybridized carbons (Fsp3) is 0.526. The average Bonchev–Trinajstić information content (AvgIpc) is 2.53. The quantitative estimate of drug-likeness (QED) is 0.384. The molecule has 1 amide bonds. The van der Waals surface area contributed by atoms with Crippen LogP contribution in [0.15, 0.2) is 43.0 Å². The SMILES string of the molecule is C=C[C@@H](CCCCC)[C@H](NNC(=O)c1ccccc1)C(C)C. The number of carbonyl (C=O) groups is 1. The molecule has 0 spiro atoms. The van der Waals surface area contributed by atoms with Crippen LogP contribution in [-0.4, -0.2) is 11.9 Å². The molecule has 0 aliphatic heterocycles. The number of hydrogen-bond acceptors (Lipinski definition) is 2. The Hall–Kier alpha value is -1.61. The van der Waals surface area contributed by atoms with Gasteiger partial charge in [0.15, 0.2) is 0 Å². The van der Waals surface area contributed by atoms with Crippen molar-refractivity contribution in [3.05, 3.63) is 48.6 Å². The largest absolute Gasteiger partial charge is 0.287 e. The number of nitrogens with one attached hydrogen (secondary N) is 2. The van der Waals surface area contributed by atoms with Crippen LogP contribution in [0.5, 0.6) is 0 Å². The third-order valence-electron chi connectivity index (χ3n) is 4.01. The van der Waals surface area contributed by atoms with Crippen LogP contribution in [0.4, 0.5) is 0 Å². The highest BCUT2D eigenvalue weighted by molar-refractivity contribution is 5.93. The van der Waals surface area contributed by atoms with Crippen LogP contribution in [0, 0.1) is 11.8 Å². The lowest BCUT2D eigenvalue weighted by atomic mass is 9.87. The summed E-state index contributed by atoms with van der Waals surface area (Å²) in [4.78, 5) is 12.1. The molecule has 2 N–H and O–H groups in total. The minimum Gasteiger partial charge on any atom is -0.287 e. The topological polar surface area (TPSA) is 41.1 Å². The van der Waals surface area contributed by atoms with Gasteiger partial charge in [0.1, 0.15) is 0 Å². The van der Waals surface area contributed by atoms with Gasteiger partial charge in [0.05, 0.1) is 0 Å². The maximum atomic E-state index is 12.1.